The summed E-state index contributed by atoms with van der Waals surface area (Å²) in [6.45, 7) is 10.2. The maximum absolute atomic E-state index is 12.3. The van der Waals surface area contributed by atoms with E-state index in [-0.39, 0.29) is 23.8 Å². The average Bonchev–Trinajstić information content (AvgIpc) is 3.25. The molecule has 1 saturated heterocycles. The Kier molecular flexibility index (Phi) is 12.4. The van der Waals surface area contributed by atoms with E-state index in [1.54, 1.807) is 12.1 Å². The number of amides is 2. The molecule has 3 rings (SSSR count). The lowest BCUT2D eigenvalue weighted by atomic mass is 10.0. The molecule has 0 saturated carbocycles. The van der Waals surface area contributed by atoms with Gasteiger partial charge in [-0.15, -0.1) is 0 Å². The van der Waals surface area contributed by atoms with E-state index in [2.05, 4.69) is 10.6 Å². The van der Waals surface area contributed by atoms with Crippen LogP contribution in [0.1, 0.15) is 60.4 Å². The van der Waals surface area contributed by atoms with E-state index < -0.39 is 5.79 Å². The van der Waals surface area contributed by atoms with Gasteiger partial charge in [0.05, 0.1) is 12.7 Å². The van der Waals surface area contributed by atoms with E-state index in [0.717, 1.165) is 12.0 Å². The fourth-order valence-electron chi connectivity index (χ4n) is 3.12. The highest BCUT2D eigenvalue weighted by Crippen LogP contribution is 2.19. The molecular weight excluding hydrogens is 420 g/mol. The van der Waals surface area contributed by atoms with E-state index in [1.165, 1.54) is 13.8 Å². The Hall–Kier alpha value is -2.74. The van der Waals surface area contributed by atoms with Crippen LogP contribution in [-0.4, -0.2) is 53.6 Å². The molecule has 4 N–H and O–H groups in total. The predicted octanol–water partition coefficient (Wildman–Crippen LogP) is 3.29. The smallest absolute Gasteiger partial charge is 0.251 e. The highest BCUT2D eigenvalue weighted by Gasteiger charge is 2.26. The van der Waals surface area contributed by atoms with Gasteiger partial charge in [-0.05, 0) is 51.0 Å². The van der Waals surface area contributed by atoms with Crippen molar-refractivity contribution in [1.29, 1.82) is 0 Å². The zero-order valence-electron chi connectivity index (χ0n) is 20.3. The number of rotatable bonds is 6. The summed E-state index contributed by atoms with van der Waals surface area (Å²) < 4.78 is 5.75. The Bertz CT molecular complexity index is 843. The number of carbonyl (C=O) groups is 2. The number of hydrogen-bond donors (Lipinski definition) is 4. The first-order chi connectivity index (χ1) is 15.6. The molecule has 182 valence electrons. The van der Waals surface area contributed by atoms with Crippen molar-refractivity contribution >= 4 is 11.8 Å². The van der Waals surface area contributed by atoms with Crippen LogP contribution in [0.4, 0.5) is 0 Å². The lowest BCUT2D eigenvalue weighted by Crippen LogP contribution is -2.33. The van der Waals surface area contributed by atoms with Gasteiger partial charge >= 0.3 is 0 Å². The summed E-state index contributed by atoms with van der Waals surface area (Å²) in [5.74, 6) is -1.38. The third-order valence-electron chi connectivity index (χ3n) is 4.63. The largest absolute Gasteiger partial charge is 0.376 e. The van der Waals surface area contributed by atoms with Crippen LogP contribution in [0, 0.1) is 12.8 Å². The molecule has 0 radical (unpaired) electrons. The molecule has 0 bridgehead atoms. The molecule has 1 heterocycles. The van der Waals surface area contributed by atoms with Crippen molar-refractivity contribution in [3.05, 3.63) is 71.3 Å². The van der Waals surface area contributed by atoms with Gasteiger partial charge in [-0.3, -0.25) is 9.59 Å². The number of carbonyl (C=O) groups excluding carboxylic acids is 2. The van der Waals surface area contributed by atoms with E-state index in [1.807, 2.05) is 63.2 Å². The zero-order valence-corrected chi connectivity index (χ0v) is 20.3. The Balaban J connectivity index is 0.000000689. The van der Waals surface area contributed by atoms with Crippen LogP contribution in [0.2, 0.25) is 0 Å². The SMILES string of the molecule is CC.CC(C)(O)O.Cc1ccccc1C(=O)NCC1CC(CNC(=O)c2ccccc2)CO1. The number of aryl methyl sites for hydroxylation is 1. The number of hydrogen-bond acceptors (Lipinski definition) is 5. The van der Waals surface area contributed by atoms with Crippen molar-refractivity contribution in [3.8, 4) is 0 Å². The quantitative estimate of drug-likeness (QED) is 0.497. The summed E-state index contributed by atoms with van der Waals surface area (Å²) in [7, 11) is 0. The van der Waals surface area contributed by atoms with Crippen LogP contribution in [-0.2, 0) is 4.74 Å². The van der Waals surface area contributed by atoms with Crippen molar-refractivity contribution in [2.45, 2.75) is 52.9 Å². The highest BCUT2D eigenvalue weighted by molar-refractivity contribution is 5.95. The van der Waals surface area contributed by atoms with E-state index >= 15 is 0 Å². The monoisotopic (exact) mass is 458 g/mol. The minimum absolute atomic E-state index is 0.0124. The Morgan fingerprint density at radius 3 is 2.09 bits per heavy atom. The minimum atomic E-state index is -1.50. The molecule has 0 aliphatic carbocycles. The van der Waals surface area contributed by atoms with Gasteiger partial charge in [0.15, 0.2) is 5.79 Å². The minimum Gasteiger partial charge on any atom is -0.376 e. The average molecular weight is 459 g/mol. The molecule has 7 heteroatoms. The molecule has 1 aliphatic heterocycles. The van der Waals surface area contributed by atoms with Crippen LogP contribution >= 0.6 is 0 Å². The van der Waals surface area contributed by atoms with Crippen molar-refractivity contribution in [1.82, 2.24) is 10.6 Å². The molecule has 0 spiro atoms. The summed E-state index contributed by atoms with van der Waals surface area (Å²) >= 11 is 0. The van der Waals surface area contributed by atoms with Crippen LogP contribution in [0.15, 0.2) is 54.6 Å². The number of nitrogens with one attached hydrogen (secondary N) is 2. The molecule has 2 unspecified atom stereocenters. The summed E-state index contributed by atoms with van der Waals surface area (Å²) in [4.78, 5) is 24.3. The number of ether oxygens (including phenoxy) is 1. The lowest BCUT2D eigenvalue weighted by Gasteiger charge is -2.12. The molecule has 2 aromatic rings. The van der Waals surface area contributed by atoms with Crippen LogP contribution in [0.5, 0.6) is 0 Å². The summed E-state index contributed by atoms with van der Waals surface area (Å²) in [6, 6.07) is 16.7. The molecular formula is C26H38N2O5. The highest BCUT2D eigenvalue weighted by atomic mass is 16.5. The topological polar surface area (TPSA) is 108 Å². The summed E-state index contributed by atoms with van der Waals surface area (Å²) in [6.07, 6.45) is 0.810. The molecule has 2 amide bonds. The van der Waals surface area contributed by atoms with Gasteiger partial charge in [-0.1, -0.05) is 50.2 Å². The second kappa shape index (κ2) is 14.4. The van der Waals surface area contributed by atoms with Crippen LogP contribution in [0.3, 0.4) is 0 Å². The summed E-state index contributed by atoms with van der Waals surface area (Å²) in [5, 5.41) is 22.0. The molecule has 0 aromatic heterocycles. The second-order valence-electron chi connectivity index (χ2n) is 8.15. The van der Waals surface area contributed by atoms with Gasteiger partial charge in [0.2, 0.25) is 0 Å². The first kappa shape index (κ1) is 28.3. The van der Waals surface area contributed by atoms with Crippen molar-refractivity contribution < 1.29 is 24.5 Å². The molecule has 2 atom stereocenters. The van der Waals surface area contributed by atoms with Crippen molar-refractivity contribution in [2.24, 2.45) is 5.92 Å². The lowest BCUT2D eigenvalue weighted by molar-refractivity contribution is -0.127. The number of aliphatic hydroxyl groups is 2. The van der Waals surface area contributed by atoms with Gasteiger partial charge in [0.25, 0.3) is 11.8 Å². The molecule has 7 nitrogen and oxygen atoms in total. The standard InChI is InChI=1S/C21H24N2O3.C3H8O2.C2H6/c1-15-7-5-6-10-19(15)21(25)23-13-18-11-16(14-26-18)12-22-20(24)17-8-3-2-4-9-17;1-3(2,4)5;1-2/h2-10,16,18H,11-14H2,1H3,(H,22,24)(H,23,25);4-5H,1-2H3;1-2H3. The van der Waals surface area contributed by atoms with Gasteiger partial charge in [0.1, 0.15) is 0 Å². The normalized spacial score (nSPS) is 17.1. The Morgan fingerprint density at radius 1 is 0.939 bits per heavy atom. The second-order valence-corrected chi connectivity index (χ2v) is 8.15. The number of benzene rings is 2. The van der Waals surface area contributed by atoms with E-state index in [4.69, 9.17) is 14.9 Å². The third kappa shape index (κ3) is 11.6. The van der Waals surface area contributed by atoms with Gasteiger partial charge in [-0.2, -0.15) is 0 Å². The maximum atomic E-state index is 12.3. The first-order valence-electron chi connectivity index (χ1n) is 11.4. The molecule has 2 aromatic carbocycles. The van der Waals surface area contributed by atoms with Crippen molar-refractivity contribution in [3.63, 3.8) is 0 Å². The van der Waals surface area contributed by atoms with E-state index in [0.29, 0.717) is 30.8 Å². The van der Waals surface area contributed by atoms with Gasteiger partial charge in [-0.25, -0.2) is 0 Å². The van der Waals surface area contributed by atoms with Gasteiger partial charge < -0.3 is 25.6 Å². The fourth-order valence-corrected chi connectivity index (χ4v) is 3.12. The molecule has 1 fully saturated rings. The van der Waals surface area contributed by atoms with E-state index in [9.17, 15) is 9.59 Å². The predicted molar refractivity (Wildman–Crippen MR) is 130 cm³/mol. The third-order valence-corrected chi connectivity index (χ3v) is 4.63. The zero-order chi connectivity index (χ0) is 24.9. The van der Waals surface area contributed by atoms with Crippen LogP contribution < -0.4 is 10.6 Å². The molecule has 1 aliphatic rings. The molecule has 33 heavy (non-hydrogen) atoms. The van der Waals surface area contributed by atoms with Crippen LogP contribution in [0.25, 0.3) is 0 Å². The fraction of sp³-hybridized carbons (Fsp3) is 0.462. The first-order valence-corrected chi connectivity index (χ1v) is 11.4. The van der Waals surface area contributed by atoms with Gasteiger partial charge in [0, 0.05) is 30.1 Å². The van der Waals surface area contributed by atoms with Crippen molar-refractivity contribution in [2.75, 3.05) is 19.7 Å². The summed E-state index contributed by atoms with van der Waals surface area (Å²) in [5.41, 5.74) is 2.31. The Morgan fingerprint density at radius 2 is 1.48 bits per heavy atom. The Labute approximate surface area is 197 Å². The maximum Gasteiger partial charge on any atom is 0.251 e.